The van der Waals surface area contributed by atoms with Gasteiger partial charge in [-0.1, -0.05) is 11.6 Å². The van der Waals surface area contributed by atoms with Gasteiger partial charge in [-0.15, -0.1) is 22.7 Å². The lowest BCUT2D eigenvalue weighted by molar-refractivity contribution is 0.450. The molecule has 1 atom stereocenters. The number of furan rings is 1. The van der Waals surface area contributed by atoms with Gasteiger partial charge in [-0.05, 0) is 46.3 Å². The fraction of sp³-hybridized carbons (Fsp3) is 0.143. The van der Waals surface area contributed by atoms with Crippen molar-refractivity contribution in [2.75, 3.05) is 0 Å². The van der Waals surface area contributed by atoms with Gasteiger partial charge in [0.05, 0.1) is 10.6 Å². The molecular formula is C14H11BrClNOS2. The third-order valence-corrected chi connectivity index (χ3v) is 5.80. The first-order chi connectivity index (χ1) is 9.72. The molecule has 1 unspecified atom stereocenters. The number of nitrogens with one attached hydrogen (secondary N) is 1. The van der Waals surface area contributed by atoms with E-state index in [9.17, 15) is 0 Å². The molecule has 0 amide bonds. The van der Waals surface area contributed by atoms with E-state index in [1.807, 2.05) is 24.3 Å². The molecule has 2 nitrogen and oxygen atoms in total. The van der Waals surface area contributed by atoms with Gasteiger partial charge in [0, 0.05) is 26.2 Å². The lowest BCUT2D eigenvalue weighted by Crippen LogP contribution is -2.20. The van der Waals surface area contributed by atoms with Crippen molar-refractivity contribution >= 4 is 50.2 Å². The van der Waals surface area contributed by atoms with E-state index in [1.165, 1.54) is 4.88 Å². The topological polar surface area (TPSA) is 25.2 Å². The Hall–Kier alpha value is -0.590. The van der Waals surface area contributed by atoms with E-state index in [0.717, 1.165) is 26.0 Å². The summed E-state index contributed by atoms with van der Waals surface area (Å²) >= 11 is 12.8. The van der Waals surface area contributed by atoms with Crippen LogP contribution in [0.3, 0.4) is 0 Å². The van der Waals surface area contributed by atoms with Gasteiger partial charge in [-0.25, -0.2) is 0 Å². The van der Waals surface area contributed by atoms with Gasteiger partial charge >= 0.3 is 0 Å². The van der Waals surface area contributed by atoms with Crippen molar-refractivity contribution in [3.05, 3.63) is 66.3 Å². The second-order valence-corrected chi connectivity index (χ2v) is 7.86. The van der Waals surface area contributed by atoms with Gasteiger partial charge < -0.3 is 4.42 Å². The maximum Gasteiger partial charge on any atom is 0.126 e. The third-order valence-electron chi connectivity index (χ3n) is 2.81. The summed E-state index contributed by atoms with van der Waals surface area (Å²) in [6, 6.07) is 10.00. The molecule has 3 heterocycles. The van der Waals surface area contributed by atoms with E-state index in [-0.39, 0.29) is 6.04 Å². The number of thiophene rings is 2. The Labute approximate surface area is 138 Å². The fourth-order valence-corrected chi connectivity index (χ4v) is 4.48. The van der Waals surface area contributed by atoms with Gasteiger partial charge in [-0.2, -0.15) is 0 Å². The maximum atomic E-state index is 6.04. The van der Waals surface area contributed by atoms with Crippen molar-refractivity contribution in [1.29, 1.82) is 0 Å². The largest absolute Gasteiger partial charge is 0.467 e. The van der Waals surface area contributed by atoms with Crippen LogP contribution in [0.2, 0.25) is 4.34 Å². The SMILES string of the molecule is Clc1ccc(C(NCc2cc(Br)cs2)c2ccco2)s1. The van der Waals surface area contributed by atoms with Crippen LogP contribution in [0.25, 0.3) is 0 Å². The molecule has 3 rings (SSSR count). The van der Waals surface area contributed by atoms with E-state index in [1.54, 1.807) is 28.9 Å². The molecule has 0 radical (unpaired) electrons. The number of halogens is 2. The van der Waals surface area contributed by atoms with Crippen molar-refractivity contribution in [3.63, 3.8) is 0 Å². The van der Waals surface area contributed by atoms with Gasteiger partial charge in [0.1, 0.15) is 11.8 Å². The zero-order chi connectivity index (χ0) is 13.9. The molecule has 20 heavy (non-hydrogen) atoms. The van der Waals surface area contributed by atoms with Crippen LogP contribution >= 0.6 is 50.2 Å². The molecule has 0 aliphatic carbocycles. The quantitative estimate of drug-likeness (QED) is 0.606. The standard InChI is InChI=1S/C14H11BrClNOS2/c15-9-6-10(19-8-9)7-17-14(11-2-1-5-18-11)12-3-4-13(16)20-12/h1-6,8,14,17H,7H2. The molecule has 0 bridgehead atoms. The van der Waals surface area contributed by atoms with Crippen molar-refractivity contribution in [2.45, 2.75) is 12.6 Å². The predicted octanol–water partition coefficient (Wildman–Crippen LogP) is 5.70. The second-order valence-electron chi connectivity index (χ2n) is 4.20. The van der Waals surface area contributed by atoms with Crippen LogP contribution in [0.15, 0.2) is 50.9 Å². The molecule has 0 aromatic carbocycles. The molecule has 3 aromatic heterocycles. The summed E-state index contributed by atoms with van der Waals surface area (Å²) in [5.74, 6) is 0.902. The molecule has 0 aliphatic rings. The molecule has 0 saturated heterocycles. The number of hydrogen-bond donors (Lipinski definition) is 1. The first-order valence-corrected chi connectivity index (χ1v) is 8.84. The lowest BCUT2D eigenvalue weighted by atomic mass is 10.2. The van der Waals surface area contributed by atoms with Gasteiger partial charge in [-0.3, -0.25) is 5.32 Å². The fourth-order valence-electron chi connectivity index (χ4n) is 1.93. The van der Waals surface area contributed by atoms with Crippen LogP contribution in [0.4, 0.5) is 0 Å². The molecular weight excluding hydrogens is 378 g/mol. The van der Waals surface area contributed by atoms with Gasteiger partial charge in [0.25, 0.3) is 0 Å². The van der Waals surface area contributed by atoms with Crippen molar-refractivity contribution in [2.24, 2.45) is 0 Å². The molecule has 1 N–H and O–H groups in total. The molecule has 6 heteroatoms. The zero-order valence-corrected chi connectivity index (χ0v) is 14.3. The molecule has 104 valence electrons. The first-order valence-electron chi connectivity index (χ1n) is 5.97. The summed E-state index contributed by atoms with van der Waals surface area (Å²) in [4.78, 5) is 2.43. The normalized spacial score (nSPS) is 12.7. The highest BCUT2D eigenvalue weighted by molar-refractivity contribution is 9.10. The number of hydrogen-bond acceptors (Lipinski definition) is 4. The van der Waals surface area contributed by atoms with E-state index in [0.29, 0.717) is 0 Å². The second kappa shape index (κ2) is 6.45. The Morgan fingerprint density at radius 1 is 1.35 bits per heavy atom. The highest BCUT2D eigenvalue weighted by Crippen LogP contribution is 2.32. The van der Waals surface area contributed by atoms with Crippen LogP contribution in [0.5, 0.6) is 0 Å². The van der Waals surface area contributed by atoms with Crippen molar-refractivity contribution < 1.29 is 4.42 Å². The minimum absolute atomic E-state index is 0.0309. The molecule has 0 aliphatic heterocycles. The summed E-state index contributed by atoms with van der Waals surface area (Å²) in [6.45, 7) is 0.789. The summed E-state index contributed by atoms with van der Waals surface area (Å²) in [6.07, 6.45) is 1.70. The summed E-state index contributed by atoms with van der Waals surface area (Å²) in [7, 11) is 0. The van der Waals surface area contributed by atoms with Gasteiger partial charge in [0.15, 0.2) is 0 Å². The molecule has 0 saturated carbocycles. The van der Waals surface area contributed by atoms with Crippen molar-refractivity contribution in [3.8, 4) is 0 Å². The van der Waals surface area contributed by atoms with Crippen LogP contribution in [-0.2, 0) is 6.54 Å². The Bertz CT molecular complexity index is 677. The highest BCUT2D eigenvalue weighted by atomic mass is 79.9. The minimum atomic E-state index is 0.0309. The average molecular weight is 389 g/mol. The summed E-state index contributed by atoms with van der Waals surface area (Å²) < 4.78 is 7.46. The highest BCUT2D eigenvalue weighted by Gasteiger charge is 2.18. The smallest absolute Gasteiger partial charge is 0.126 e. The monoisotopic (exact) mass is 387 g/mol. The van der Waals surface area contributed by atoms with E-state index in [2.05, 4.69) is 32.7 Å². The van der Waals surface area contributed by atoms with Crippen LogP contribution in [0, 0.1) is 0 Å². The molecule has 0 spiro atoms. The van der Waals surface area contributed by atoms with Crippen molar-refractivity contribution in [1.82, 2.24) is 5.32 Å². The van der Waals surface area contributed by atoms with E-state index in [4.69, 9.17) is 16.0 Å². The Kier molecular flexibility index (Phi) is 4.63. The van der Waals surface area contributed by atoms with Crippen LogP contribution < -0.4 is 5.32 Å². The Morgan fingerprint density at radius 3 is 2.85 bits per heavy atom. The third kappa shape index (κ3) is 3.35. The van der Waals surface area contributed by atoms with E-state index < -0.39 is 0 Å². The first kappa shape index (κ1) is 14.4. The van der Waals surface area contributed by atoms with Crippen LogP contribution in [-0.4, -0.2) is 0 Å². The minimum Gasteiger partial charge on any atom is -0.467 e. The predicted molar refractivity (Wildman–Crippen MR) is 88.7 cm³/mol. The molecule has 0 fully saturated rings. The summed E-state index contributed by atoms with van der Waals surface area (Å²) in [5, 5.41) is 5.61. The zero-order valence-electron chi connectivity index (χ0n) is 10.3. The summed E-state index contributed by atoms with van der Waals surface area (Å²) in [5.41, 5.74) is 0. The van der Waals surface area contributed by atoms with Crippen LogP contribution in [0.1, 0.15) is 21.6 Å². The maximum absolute atomic E-state index is 6.04. The average Bonchev–Trinajstić information content (AvgIpc) is 3.13. The molecule has 3 aromatic rings. The lowest BCUT2D eigenvalue weighted by Gasteiger charge is -2.14. The Balaban J connectivity index is 1.79. The Morgan fingerprint density at radius 2 is 2.25 bits per heavy atom. The number of rotatable bonds is 5. The van der Waals surface area contributed by atoms with Gasteiger partial charge in [0.2, 0.25) is 0 Å². The van der Waals surface area contributed by atoms with E-state index >= 15 is 0 Å².